The maximum atomic E-state index is 10.5. The van der Waals surface area contributed by atoms with Gasteiger partial charge in [0.1, 0.15) is 0 Å². The summed E-state index contributed by atoms with van der Waals surface area (Å²) in [4.78, 5) is 0. The van der Waals surface area contributed by atoms with E-state index in [1.165, 1.54) is 0 Å². The van der Waals surface area contributed by atoms with E-state index in [2.05, 4.69) is 15.7 Å². The maximum absolute atomic E-state index is 10.5. The van der Waals surface area contributed by atoms with Crippen LogP contribution in [0.1, 0.15) is 0 Å². The van der Waals surface area contributed by atoms with Gasteiger partial charge in [-0.05, 0) is 19.6 Å². The van der Waals surface area contributed by atoms with Crippen molar-refractivity contribution >= 4 is 16.3 Å². The summed E-state index contributed by atoms with van der Waals surface area (Å²) in [6.07, 6.45) is 0. The predicted molar refractivity (Wildman–Crippen MR) is 46.5 cm³/mol. The molecule has 0 N–H and O–H groups in total. The Hall–Kier alpha value is 0.713. The molecule has 1 unspecified atom stereocenters. The van der Waals surface area contributed by atoms with Crippen molar-refractivity contribution in [2.75, 3.05) is 6.66 Å². The van der Waals surface area contributed by atoms with Crippen LogP contribution in [0.5, 0.6) is 0 Å². The molecular weight excluding hydrogens is 226 g/mol. The van der Waals surface area contributed by atoms with E-state index in [0.717, 1.165) is 0 Å². The molecule has 0 saturated heterocycles. The fourth-order valence-electron chi connectivity index (χ4n) is 0.431. The Morgan fingerprint density at radius 2 is 1.55 bits per heavy atom. The summed E-state index contributed by atoms with van der Waals surface area (Å²) in [6, 6.07) is 0. The van der Waals surface area contributed by atoms with E-state index in [1.807, 2.05) is 19.6 Å². The zero-order valence-corrected chi connectivity index (χ0v) is 10.6. The molecule has 6 heteroatoms. The summed E-state index contributed by atoms with van der Waals surface area (Å²) in [5, 5.41) is 0. The van der Waals surface area contributed by atoms with Crippen molar-refractivity contribution in [3.05, 3.63) is 7.43 Å². The molecule has 0 aliphatic heterocycles. The van der Waals surface area contributed by atoms with Gasteiger partial charge in [0.05, 0.1) is 0 Å². The molecule has 3 nitrogen and oxygen atoms in total. The number of rotatable bonds is 2. The molecule has 0 aliphatic rings. The molecule has 73 valence electrons. The summed E-state index contributed by atoms with van der Waals surface area (Å²) in [7, 11) is -3.17. The molecule has 0 rings (SSSR count). The van der Waals surface area contributed by atoms with Crippen LogP contribution in [0.4, 0.5) is 0 Å². The molecule has 0 saturated carbocycles. The van der Waals surface area contributed by atoms with Gasteiger partial charge in [0.25, 0.3) is 0 Å². The van der Waals surface area contributed by atoms with Crippen LogP contribution in [0.25, 0.3) is 0 Å². The van der Waals surface area contributed by atoms with Crippen LogP contribution >= 0.6 is 8.03 Å². The van der Waals surface area contributed by atoms with Gasteiger partial charge in [-0.15, -0.1) is 0 Å². The van der Waals surface area contributed by atoms with Crippen molar-refractivity contribution in [2.24, 2.45) is 0 Å². The first-order valence-corrected chi connectivity index (χ1v) is 8.40. The molecule has 0 aromatic carbocycles. The SMILES string of the molecule is C[PH](=O)O[Si](C)(C)C.[CH3-].[O]=[Co]. The van der Waals surface area contributed by atoms with Gasteiger partial charge in [0.15, 0.2) is 16.3 Å². The molecule has 11 heavy (non-hydrogen) atoms. The van der Waals surface area contributed by atoms with E-state index >= 15 is 0 Å². The van der Waals surface area contributed by atoms with E-state index in [0.29, 0.717) is 0 Å². The summed E-state index contributed by atoms with van der Waals surface area (Å²) in [5.41, 5.74) is 0. The first-order valence-electron chi connectivity index (χ1n) is 2.75. The van der Waals surface area contributed by atoms with Crippen molar-refractivity contribution in [3.63, 3.8) is 0 Å². The third-order valence-corrected chi connectivity index (χ3v) is 4.05. The Morgan fingerprint density at radius 1 is 1.27 bits per heavy atom. The summed E-state index contributed by atoms with van der Waals surface area (Å²) >= 11 is 2.31. The van der Waals surface area contributed by atoms with Crippen LogP contribution in [0, 0.1) is 7.43 Å². The number of hydrogen-bond acceptors (Lipinski definition) is 3. The Balaban J connectivity index is -0.000000196. The molecule has 0 amide bonds. The van der Waals surface area contributed by atoms with Crippen molar-refractivity contribution in [3.8, 4) is 0 Å². The zero-order chi connectivity index (χ0) is 8.78. The van der Waals surface area contributed by atoms with E-state index in [-0.39, 0.29) is 7.43 Å². The van der Waals surface area contributed by atoms with Crippen molar-refractivity contribution < 1.29 is 28.3 Å². The standard InChI is InChI=1S/C4H13O2PSi.CH3.Co.O/c1-7(5)6-8(2,3)4;;;/h7H,1-4H3;1H3;;/q;-1;;. The Morgan fingerprint density at radius 3 is 1.55 bits per heavy atom. The quantitative estimate of drug-likeness (QED) is 0.424. The molecule has 0 spiro atoms. The minimum absolute atomic E-state index is 0. The first-order chi connectivity index (χ1) is 4.42. The molecule has 0 bridgehead atoms. The molecule has 0 heterocycles. The fourth-order valence-corrected chi connectivity index (χ4v) is 3.88. The van der Waals surface area contributed by atoms with Crippen LogP contribution < -0.4 is 0 Å². The van der Waals surface area contributed by atoms with Crippen LogP contribution in [-0.4, -0.2) is 15.0 Å². The van der Waals surface area contributed by atoms with Gasteiger partial charge >= 0.3 is 19.5 Å². The second-order valence-electron chi connectivity index (χ2n) is 2.71. The molecule has 0 radical (unpaired) electrons. The average Bonchev–Trinajstić information content (AvgIpc) is 1.64. The zero-order valence-electron chi connectivity index (χ0n) is 7.56. The second-order valence-corrected chi connectivity index (χ2v) is 8.73. The van der Waals surface area contributed by atoms with Crippen LogP contribution in [-0.2, 0) is 28.3 Å². The van der Waals surface area contributed by atoms with Crippen molar-refractivity contribution in [1.82, 2.24) is 0 Å². The van der Waals surface area contributed by atoms with Gasteiger partial charge in [-0.3, -0.25) is 4.57 Å². The molecule has 0 fully saturated rings. The second kappa shape index (κ2) is 8.81. The van der Waals surface area contributed by atoms with Gasteiger partial charge in [0, 0.05) is 6.66 Å². The first kappa shape index (κ1) is 17.7. The Kier molecular flexibility index (Phi) is 14.2. The van der Waals surface area contributed by atoms with Gasteiger partial charge in [0.2, 0.25) is 0 Å². The third kappa shape index (κ3) is 24.9. The molecule has 0 aromatic rings. The monoisotopic (exact) mass is 242 g/mol. The topological polar surface area (TPSA) is 43.4 Å². The summed E-state index contributed by atoms with van der Waals surface area (Å²) in [6.45, 7) is 7.71. The average molecular weight is 242 g/mol. The van der Waals surface area contributed by atoms with E-state index in [1.54, 1.807) is 6.66 Å². The van der Waals surface area contributed by atoms with Gasteiger partial charge < -0.3 is 11.6 Å². The van der Waals surface area contributed by atoms with Crippen LogP contribution in [0.15, 0.2) is 0 Å². The third-order valence-electron chi connectivity index (χ3n) is 0.450. The van der Waals surface area contributed by atoms with Crippen molar-refractivity contribution in [2.45, 2.75) is 19.6 Å². The molecule has 1 atom stereocenters. The Labute approximate surface area is 78.7 Å². The predicted octanol–water partition coefficient (Wildman–Crippen LogP) is 2.27. The number of hydrogen-bond donors (Lipinski definition) is 0. The van der Waals surface area contributed by atoms with Crippen LogP contribution in [0.3, 0.4) is 0 Å². The van der Waals surface area contributed by atoms with Crippen molar-refractivity contribution in [1.29, 1.82) is 0 Å². The minimum atomic E-state index is -1.68. The normalized spacial score (nSPS) is 12.1. The Bertz CT molecular complexity index is 115. The molecule has 0 aromatic heterocycles. The van der Waals surface area contributed by atoms with Crippen LogP contribution in [0.2, 0.25) is 19.6 Å². The molecular formula is C5H16CoO3PSi-. The fraction of sp³-hybridized carbons (Fsp3) is 0.800. The van der Waals surface area contributed by atoms with E-state index < -0.39 is 16.3 Å². The van der Waals surface area contributed by atoms with Gasteiger partial charge in [-0.1, -0.05) is 0 Å². The molecule has 0 aliphatic carbocycles. The summed E-state index contributed by atoms with van der Waals surface area (Å²) < 4.78 is 23.5. The van der Waals surface area contributed by atoms with Gasteiger partial charge in [-0.2, -0.15) is 0 Å². The summed E-state index contributed by atoms with van der Waals surface area (Å²) in [5.74, 6) is 0. The van der Waals surface area contributed by atoms with Gasteiger partial charge in [-0.25, -0.2) is 0 Å². The van der Waals surface area contributed by atoms with E-state index in [4.69, 9.17) is 8.08 Å². The van der Waals surface area contributed by atoms with E-state index in [9.17, 15) is 4.57 Å².